The van der Waals surface area contributed by atoms with Crippen molar-refractivity contribution in [2.75, 3.05) is 26.3 Å². The van der Waals surface area contributed by atoms with Crippen LogP contribution in [-0.2, 0) is 4.74 Å². The first kappa shape index (κ1) is 23.9. The van der Waals surface area contributed by atoms with Crippen molar-refractivity contribution in [1.82, 2.24) is 9.80 Å². The van der Waals surface area contributed by atoms with Gasteiger partial charge in [0, 0.05) is 36.3 Å². The molecule has 0 bridgehead atoms. The van der Waals surface area contributed by atoms with E-state index in [2.05, 4.69) is 65.2 Å². The molecule has 3 heteroatoms. The average Bonchev–Trinajstić information content (AvgIpc) is 2.48. The summed E-state index contributed by atoms with van der Waals surface area (Å²) in [7, 11) is 0. The topological polar surface area (TPSA) is 15.7 Å². The predicted molar refractivity (Wildman–Crippen MR) is 108 cm³/mol. The quantitative estimate of drug-likeness (QED) is 0.686. The summed E-state index contributed by atoms with van der Waals surface area (Å²) in [6.07, 6.45) is 4.06. The lowest BCUT2D eigenvalue weighted by Crippen LogP contribution is -2.61. The third kappa shape index (κ3) is 7.41. The lowest BCUT2D eigenvalue weighted by Gasteiger charge is -2.55. The summed E-state index contributed by atoms with van der Waals surface area (Å²) in [5, 5.41) is 0. The Bertz CT molecular complexity index is 302. The van der Waals surface area contributed by atoms with Crippen LogP contribution in [0.15, 0.2) is 0 Å². The van der Waals surface area contributed by atoms with E-state index in [1.807, 2.05) is 13.8 Å². The second kappa shape index (κ2) is 10.8. The first-order chi connectivity index (χ1) is 11.1. The van der Waals surface area contributed by atoms with Gasteiger partial charge < -0.3 is 4.74 Å². The SMILES string of the molecule is CC.CC(C)N1C(C)(C)CCCC1(C)C.CC(C)N1CCOCC1. The van der Waals surface area contributed by atoms with Gasteiger partial charge in [-0.15, -0.1) is 0 Å². The Kier molecular flexibility index (Phi) is 10.7. The summed E-state index contributed by atoms with van der Waals surface area (Å²) >= 11 is 0. The zero-order valence-corrected chi connectivity index (χ0v) is 18.4. The molecule has 0 saturated carbocycles. The van der Waals surface area contributed by atoms with Gasteiger partial charge >= 0.3 is 0 Å². The Morgan fingerprint density at radius 1 is 0.750 bits per heavy atom. The highest BCUT2D eigenvalue weighted by Gasteiger charge is 2.42. The van der Waals surface area contributed by atoms with Crippen molar-refractivity contribution in [3.05, 3.63) is 0 Å². The zero-order chi connectivity index (χ0) is 19.0. The van der Waals surface area contributed by atoms with Gasteiger partial charge in [0.25, 0.3) is 0 Å². The maximum Gasteiger partial charge on any atom is 0.0594 e. The third-order valence-corrected chi connectivity index (χ3v) is 5.17. The predicted octanol–water partition coefficient (Wildman–Crippen LogP) is 5.19. The highest BCUT2D eigenvalue weighted by atomic mass is 16.5. The van der Waals surface area contributed by atoms with Crippen molar-refractivity contribution in [2.45, 2.75) is 112 Å². The largest absolute Gasteiger partial charge is 0.379 e. The lowest BCUT2D eigenvalue weighted by molar-refractivity contribution is -0.0508. The first-order valence-electron chi connectivity index (χ1n) is 10.2. The fraction of sp³-hybridized carbons (Fsp3) is 1.00. The Morgan fingerprint density at radius 3 is 1.42 bits per heavy atom. The third-order valence-electron chi connectivity index (χ3n) is 5.17. The number of piperidine rings is 1. The monoisotopic (exact) mass is 342 g/mol. The highest BCUT2D eigenvalue weighted by Crippen LogP contribution is 2.39. The van der Waals surface area contributed by atoms with Crippen LogP contribution in [0.5, 0.6) is 0 Å². The van der Waals surface area contributed by atoms with Gasteiger partial charge in [-0.2, -0.15) is 0 Å². The van der Waals surface area contributed by atoms with E-state index in [-0.39, 0.29) is 0 Å². The van der Waals surface area contributed by atoms with Crippen molar-refractivity contribution in [3.63, 3.8) is 0 Å². The van der Waals surface area contributed by atoms with Gasteiger partial charge in [0.2, 0.25) is 0 Å². The number of likely N-dealkylation sites (tertiary alicyclic amines) is 1. The molecule has 2 rings (SSSR count). The first-order valence-corrected chi connectivity index (χ1v) is 10.2. The van der Waals surface area contributed by atoms with Gasteiger partial charge in [-0.05, 0) is 74.7 Å². The minimum Gasteiger partial charge on any atom is -0.379 e. The van der Waals surface area contributed by atoms with E-state index in [9.17, 15) is 0 Å². The summed E-state index contributed by atoms with van der Waals surface area (Å²) in [5.74, 6) is 0. The number of hydrogen-bond acceptors (Lipinski definition) is 3. The maximum absolute atomic E-state index is 5.21. The summed E-state index contributed by atoms with van der Waals surface area (Å²) < 4.78 is 5.21. The summed E-state index contributed by atoms with van der Waals surface area (Å²) in [4.78, 5) is 5.12. The molecular weight excluding hydrogens is 296 g/mol. The Balaban J connectivity index is 0.000000420. The lowest BCUT2D eigenvalue weighted by atomic mass is 9.79. The van der Waals surface area contributed by atoms with Crippen LogP contribution in [0.4, 0.5) is 0 Å². The fourth-order valence-corrected chi connectivity index (χ4v) is 4.51. The van der Waals surface area contributed by atoms with Crippen molar-refractivity contribution < 1.29 is 4.74 Å². The highest BCUT2D eigenvalue weighted by molar-refractivity contribution is 4.98. The molecule has 0 N–H and O–H groups in total. The van der Waals surface area contributed by atoms with Gasteiger partial charge in [-0.1, -0.05) is 13.8 Å². The number of rotatable bonds is 2. The van der Waals surface area contributed by atoms with Gasteiger partial charge in [-0.25, -0.2) is 0 Å². The van der Waals surface area contributed by atoms with Gasteiger partial charge in [-0.3, -0.25) is 9.80 Å². The Labute approximate surface area is 153 Å². The van der Waals surface area contributed by atoms with Crippen LogP contribution in [-0.4, -0.2) is 59.3 Å². The molecule has 0 aromatic carbocycles. The van der Waals surface area contributed by atoms with Crippen LogP contribution >= 0.6 is 0 Å². The number of ether oxygens (including phenoxy) is 1. The van der Waals surface area contributed by atoms with Crippen molar-refractivity contribution in [1.29, 1.82) is 0 Å². The molecule has 0 amide bonds. The molecule has 2 saturated heterocycles. The molecule has 0 atom stereocenters. The molecule has 2 heterocycles. The van der Waals surface area contributed by atoms with E-state index in [0.29, 0.717) is 23.2 Å². The van der Waals surface area contributed by atoms with Crippen LogP contribution in [0.25, 0.3) is 0 Å². The molecule has 0 aromatic heterocycles. The van der Waals surface area contributed by atoms with E-state index in [4.69, 9.17) is 4.74 Å². The summed E-state index contributed by atoms with van der Waals surface area (Å²) in [5.41, 5.74) is 0.770. The van der Waals surface area contributed by atoms with E-state index in [0.717, 1.165) is 26.3 Å². The van der Waals surface area contributed by atoms with E-state index in [1.54, 1.807) is 0 Å². The molecule has 2 aliphatic rings. The number of hydrogen-bond donors (Lipinski definition) is 0. The van der Waals surface area contributed by atoms with Gasteiger partial charge in [0.1, 0.15) is 0 Å². The molecule has 24 heavy (non-hydrogen) atoms. The normalized spacial score (nSPS) is 24.0. The summed E-state index contributed by atoms with van der Waals surface area (Å²) in [6, 6.07) is 1.35. The van der Waals surface area contributed by atoms with Crippen molar-refractivity contribution in [3.8, 4) is 0 Å². The number of nitrogens with zero attached hydrogens (tertiary/aromatic N) is 2. The molecule has 3 nitrogen and oxygen atoms in total. The molecule has 0 spiro atoms. The fourth-order valence-electron chi connectivity index (χ4n) is 4.51. The van der Waals surface area contributed by atoms with Crippen LogP contribution in [0, 0.1) is 0 Å². The average molecular weight is 343 g/mol. The molecule has 146 valence electrons. The second-order valence-corrected chi connectivity index (χ2v) is 8.68. The standard InChI is InChI=1S/C12H25N.C7H15NO.C2H6/c1-10(2)13-11(3,4)8-7-9-12(13,5)6;1-7(2)8-3-5-9-6-4-8;1-2/h10H,7-9H2,1-6H3;7H,3-6H2,1-2H3;1-2H3. The molecule has 0 aliphatic carbocycles. The van der Waals surface area contributed by atoms with Crippen LogP contribution in [0.3, 0.4) is 0 Å². The minimum absolute atomic E-state index is 0.385. The molecule has 0 radical (unpaired) electrons. The molecule has 0 unspecified atom stereocenters. The van der Waals surface area contributed by atoms with Crippen LogP contribution < -0.4 is 0 Å². The van der Waals surface area contributed by atoms with Gasteiger partial charge in [0.05, 0.1) is 13.2 Å². The van der Waals surface area contributed by atoms with E-state index < -0.39 is 0 Å². The zero-order valence-electron chi connectivity index (χ0n) is 18.4. The molecule has 2 fully saturated rings. The van der Waals surface area contributed by atoms with Gasteiger partial charge in [0.15, 0.2) is 0 Å². The number of morpholine rings is 1. The molecule has 0 aromatic rings. The molecular formula is C21H46N2O. The smallest absolute Gasteiger partial charge is 0.0594 e. The second-order valence-electron chi connectivity index (χ2n) is 8.68. The van der Waals surface area contributed by atoms with Crippen molar-refractivity contribution in [2.24, 2.45) is 0 Å². The summed E-state index contributed by atoms with van der Waals surface area (Å²) in [6.45, 7) is 26.7. The Morgan fingerprint density at radius 2 is 1.17 bits per heavy atom. The minimum atomic E-state index is 0.385. The van der Waals surface area contributed by atoms with E-state index in [1.165, 1.54) is 19.3 Å². The molecule has 2 aliphatic heterocycles. The van der Waals surface area contributed by atoms with Crippen LogP contribution in [0.2, 0.25) is 0 Å². The maximum atomic E-state index is 5.21. The van der Waals surface area contributed by atoms with E-state index >= 15 is 0 Å². The Hall–Kier alpha value is -0.120. The van der Waals surface area contributed by atoms with Crippen LogP contribution in [0.1, 0.15) is 88.5 Å². The van der Waals surface area contributed by atoms with Crippen molar-refractivity contribution >= 4 is 0 Å².